The first kappa shape index (κ1) is 22.2. The molecule has 2 N–H and O–H groups in total. The first-order valence-electron chi connectivity index (χ1n) is 7.77. The van der Waals surface area contributed by atoms with Gasteiger partial charge in [0, 0.05) is 12.8 Å². The third-order valence-electron chi connectivity index (χ3n) is 2.91. The molecule has 0 aromatic heterocycles. The molecule has 0 saturated carbocycles. The third kappa shape index (κ3) is 28.0. The number of hydrogen-bond donors (Lipinski definition) is 2. The second kappa shape index (κ2) is 10.6. The maximum Gasteiger partial charge on any atom is 0.303 e. The standard InChI is InChI=1S/C10H20O2.C7H14O2/c1-10(2,3)8-6-4-5-7-9(11)12;1-7(2,3)5-4-6(8)9/h4-8H2,1-3H3,(H,11,12);4-5H2,1-3H3,(H,8,9). The molecule has 0 unspecified atom stereocenters. The predicted molar refractivity (Wildman–Crippen MR) is 86.5 cm³/mol. The van der Waals surface area contributed by atoms with Gasteiger partial charge in [-0.05, 0) is 30.1 Å². The molecule has 21 heavy (non-hydrogen) atoms. The van der Waals surface area contributed by atoms with E-state index in [1.807, 2.05) is 20.8 Å². The van der Waals surface area contributed by atoms with Gasteiger partial charge in [-0.1, -0.05) is 54.4 Å². The van der Waals surface area contributed by atoms with Crippen LogP contribution >= 0.6 is 0 Å². The minimum Gasteiger partial charge on any atom is -0.481 e. The van der Waals surface area contributed by atoms with Gasteiger partial charge in [0.05, 0.1) is 0 Å². The van der Waals surface area contributed by atoms with Crippen LogP contribution < -0.4 is 0 Å². The molecule has 0 aliphatic heterocycles. The summed E-state index contributed by atoms with van der Waals surface area (Å²) in [6.07, 6.45) is 5.56. The smallest absolute Gasteiger partial charge is 0.303 e. The van der Waals surface area contributed by atoms with E-state index in [9.17, 15) is 9.59 Å². The monoisotopic (exact) mass is 302 g/mol. The molecule has 4 heteroatoms. The van der Waals surface area contributed by atoms with Crippen molar-refractivity contribution in [2.45, 2.75) is 86.5 Å². The van der Waals surface area contributed by atoms with Crippen LogP contribution in [0.2, 0.25) is 0 Å². The van der Waals surface area contributed by atoms with Crippen LogP contribution in [-0.4, -0.2) is 22.2 Å². The van der Waals surface area contributed by atoms with Crippen LogP contribution in [0.4, 0.5) is 0 Å². The highest BCUT2D eigenvalue weighted by Crippen LogP contribution is 2.22. The maximum absolute atomic E-state index is 10.2. The SMILES string of the molecule is CC(C)(C)CCC(=O)O.CC(C)(C)CCCCCC(=O)O. The molecule has 0 bridgehead atoms. The summed E-state index contributed by atoms with van der Waals surface area (Å²) in [5.41, 5.74) is 0.543. The van der Waals surface area contributed by atoms with E-state index in [4.69, 9.17) is 10.2 Å². The summed E-state index contributed by atoms with van der Waals surface area (Å²) in [7, 11) is 0. The zero-order valence-corrected chi connectivity index (χ0v) is 14.7. The lowest BCUT2D eigenvalue weighted by Crippen LogP contribution is -2.07. The molecule has 0 aliphatic rings. The van der Waals surface area contributed by atoms with Crippen LogP contribution in [0.1, 0.15) is 86.5 Å². The zero-order chi connectivity index (χ0) is 17.1. The summed E-state index contributed by atoms with van der Waals surface area (Å²) in [6.45, 7) is 12.8. The van der Waals surface area contributed by atoms with E-state index in [-0.39, 0.29) is 11.8 Å². The fourth-order valence-electron chi connectivity index (χ4n) is 1.59. The maximum atomic E-state index is 10.2. The minimum absolute atomic E-state index is 0.151. The van der Waals surface area contributed by atoms with Crippen molar-refractivity contribution < 1.29 is 19.8 Å². The summed E-state index contributed by atoms with van der Waals surface area (Å²) >= 11 is 0. The Morgan fingerprint density at radius 3 is 1.38 bits per heavy atom. The Morgan fingerprint density at radius 2 is 1.10 bits per heavy atom. The molecule has 0 fully saturated rings. The van der Waals surface area contributed by atoms with Crippen LogP contribution in [-0.2, 0) is 9.59 Å². The summed E-state index contributed by atoms with van der Waals surface area (Å²) in [6, 6.07) is 0. The molecular weight excluding hydrogens is 268 g/mol. The van der Waals surface area contributed by atoms with Crippen LogP contribution in [0.15, 0.2) is 0 Å². The van der Waals surface area contributed by atoms with E-state index in [1.54, 1.807) is 0 Å². The normalized spacial score (nSPS) is 11.5. The van der Waals surface area contributed by atoms with E-state index in [0.717, 1.165) is 25.7 Å². The zero-order valence-electron chi connectivity index (χ0n) is 14.7. The van der Waals surface area contributed by atoms with E-state index < -0.39 is 11.9 Å². The molecule has 0 aromatic rings. The van der Waals surface area contributed by atoms with Gasteiger partial charge >= 0.3 is 11.9 Å². The quantitative estimate of drug-likeness (QED) is 0.651. The molecule has 126 valence electrons. The lowest BCUT2D eigenvalue weighted by molar-refractivity contribution is -0.138. The average Bonchev–Trinajstić information content (AvgIpc) is 2.24. The fourth-order valence-corrected chi connectivity index (χ4v) is 1.59. The molecule has 0 atom stereocenters. The molecular formula is C17H34O4. The van der Waals surface area contributed by atoms with Crippen molar-refractivity contribution in [2.75, 3.05) is 0 Å². The first-order valence-corrected chi connectivity index (χ1v) is 7.77. The minimum atomic E-state index is -0.704. The molecule has 0 aliphatic carbocycles. The Kier molecular flexibility index (Phi) is 11.3. The highest BCUT2D eigenvalue weighted by atomic mass is 16.4. The molecule has 0 rings (SSSR count). The van der Waals surface area contributed by atoms with Gasteiger partial charge in [0.25, 0.3) is 0 Å². The number of unbranched alkanes of at least 4 members (excludes halogenated alkanes) is 2. The Bertz CT molecular complexity index is 295. The molecule has 0 heterocycles. The van der Waals surface area contributed by atoms with Crippen LogP contribution in [0.5, 0.6) is 0 Å². The Balaban J connectivity index is 0. The van der Waals surface area contributed by atoms with Gasteiger partial charge < -0.3 is 10.2 Å². The molecule has 0 spiro atoms. The van der Waals surface area contributed by atoms with Crippen molar-refractivity contribution in [1.29, 1.82) is 0 Å². The number of carboxylic acid groups (broad SMARTS) is 2. The van der Waals surface area contributed by atoms with Gasteiger partial charge in [-0.25, -0.2) is 0 Å². The van der Waals surface area contributed by atoms with Crippen molar-refractivity contribution in [1.82, 2.24) is 0 Å². The van der Waals surface area contributed by atoms with Crippen LogP contribution in [0, 0.1) is 10.8 Å². The van der Waals surface area contributed by atoms with E-state index in [1.165, 1.54) is 6.42 Å². The lowest BCUT2D eigenvalue weighted by atomic mass is 9.89. The number of rotatable bonds is 7. The number of carbonyl (C=O) groups is 2. The highest BCUT2D eigenvalue weighted by Gasteiger charge is 2.11. The van der Waals surface area contributed by atoms with Gasteiger partial charge in [0.15, 0.2) is 0 Å². The summed E-state index contributed by atoms with van der Waals surface area (Å²) in [5, 5.41) is 16.6. The van der Waals surface area contributed by atoms with Gasteiger partial charge in [-0.15, -0.1) is 0 Å². The van der Waals surface area contributed by atoms with Crippen molar-refractivity contribution in [3.63, 3.8) is 0 Å². The molecule has 0 radical (unpaired) electrons. The second-order valence-corrected chi connectivity index (χ2v) is 7.97. The van der Waals surface area contributed by atoms with E-state index >= 15 is 0 Å². The summed E-state index contributed by atoms with van der Waals surface area (Å²) in [4.78, 5) is 20.2. The first-order chi connectivity index (χ1) is 9.33. The Hall–Kier alpha value is -1.06. The molecule has 0 amide bonds. The predicted octanol–water partition coefficient (Wildman–Crippen LogP) is 4.96. The molecule has 0 aromatic carbocycles. The van der Waals surface area contributed by atoms with Gasteiger partial charge in [0.1, 0.15) is 0 Å². The van der Waals surface area contributed by atoms with Crippen LogP contribution in [0.3, 0.4) is 0 Å². The van der Waals surface area contributed by atoms with Crippen molar-refractivity contribution >= 4 is 11.9 Å². The van der Waals surface area contributed by atoms with Gasteiger partial charge in [-0.3, -0.25) is 9.59 Å². The summed E-state index contributed by atoms with van der Waals surface area (Å²) in [5.74, 6) is -1.38. The molecule has 0 saturated heterocycles. The Morgan fingerprint density at radius 1 is 0.667 bits per heavy atom. The van der Waals surface area contributed by atoms with Gasteiger partial charge in [0.2, 0.25) is 0 Å². The average molecular weight is 302 g/mol. The third-order valence-corrected chi connectivity index (χ3v) is 2.91. The lowest BCUT2D eigenvalue weighted by Gasteiger charge is -2.17. The Labute approximate surface area is 129 Å². The topological polar surface area (TPSA) is 74.6 Å². The fraction of sp³-hybridized carbons (Fsp3) is 0.882. The van der Waals surface area contributed by atoms with Crippen LogP contribution in [0.25, 0.3) is 0 Å². The van der Waals surface area contributed by atoms with E-state index in [0.29, 0.717) is 11.8 Å². The van der Waals surface area contributed by atoms with Crippen molar-refractivity contribution in [3.8, 4) is 0 Å². The summed E-state index contributed by atoms with van der Waals surface area (Å²) < 4.78 is 0. The number of aliphatic carboxylic acids is 2. The molecule has 4 nitrogen and oxygen atoms in total. The van der Waals surface area contributed by atoms with Crippen molar-refractivity contribution in [2.24, 2.45) is 10.8 Å². The highest BCUT2D eigenvalue weighted by molar-refractivity contribution is 5.66. The largest absolute Gasteiger partial charge is 0.481 e. The number of hydrogen-bond acceptors (Lipinski definition) is 2. The van der Waals surface area contributed by atoms with Crippen molar-refractivity contribution in [3.05, 3.63) is 0 Å². The van der Waals surface area contributed by atoms with Gasteiger partial charge in [-0.2, -0.15) is 0 Å². The van der Waals surface area contributed by atoms with E-state index in [2.05, 4.69) is 20.8 Å². The second-order valence-electron chi connectivity index (χ2n) is 7.97. The number of carboxylic acids is 2.